The first-order valence-corrected chi connectivity index (χ1v) is 46.0. The molecular weight excluding hydrogens is 1200 g/mol. The van der Waals surface area contributed by atoms with Crippen molar-refractivity contribution in [3.05, 3.63) is 0 Å². The molecular formula is C92H182O6. The topological polar surface area (TPSA) is 93.1 Å². The summed E-state index contributed by atoms with van der Waals surface area (Å²) in [6.07, 6.45) is 95.2. The van der Waals surface area contributed by atoms with Crippen molar-refractivity contribution in [1.29, 1.82) is 0 Å². The molecule has 4 atom stereocenters. The van der Waals surface area contributed by atoms with E-state index in [9.17, 15) is 19.8 Å². The molecule has 6 heteroatoms. The molecule has 0 aromatic rings. The standard InChI is InChI=1S/C92H182O6/c1-7-13-19-25-31-37-43-45-47-49-55-63-71-79-87(91(95,83-75-67-59-51-39-33-27-21-15-9-3)89(93)97-85-77-69-61-53-41-35-29-23-17-11-5)81-73-65-57-58-66-74-82-88(80-72-64-56-50-48-46-44-38-32-26-20-14-8-2)92(96,84-76-68-60-52-40-34-28-22-16-10-4)90(94)98-86-78-70-62-54-42-36-30-24-18-12-6/h87-88,95-96H,7-86H2,1-6H3. The van der Waals surface area contributed by atoms with Crippen molar-refractivity contribution in [3.63, 3.8) is 0 Å². The van der Waals surface area contributed by atoms with E-state index in [2.05, 4.69) is 41.5 Å². The fraction of sp³-hybridized carbons (Fsp3) is 0.978. The minimum atomic E-state index is -1.42. The fourth-order valence-electron chi connectivity index (χ4n) is 16.0. The average Bonchev–Trinajstić information content (AvgIpc) is 0.833. The van der Waals surface area contributed by atoms with Gasteiger partial charge in [-0.1, -0.05) is 478 Å². The highest BCUT2D eigenvalue weighted by Crippen LogP contribution is 2.37. The van der Waals surface area contributed by atoms with Gasteiger partial charge in [-0.3, -0.25) is 0 Å². The zero-order chi connectivity index (χ0) is 71.3. The number of hydrogen-bond acceptors (Lipinski definition) is 6. The van der Waals surface area contributed by atoms with Crippen molar-refractivity contribution in [1.82, 2.24) is 0 Å². The Balaban J connectivity index is 6.23. The molecule has 98 heavy (non-hydrogen) atoms. The van der Waals surface area contributed by atoms with Crippen LogP contribution in [0.5, 0.6) is 0 Å². The van der Waals surface area contributed by atoms with Gasteiger partial charge in [0, 0.05) is 0 Å². The molecule has 0 aromatic carbocycles. The third kappa shape index (κ3) is 62.3. The van der Waals surface area contributed by atoms with Crippen molar-refractivity contribution in [2.45, 2.75) is 554 Å². The van der Waals surface area contributed by atoms with Crippen LogP contribution in [0, 0.1) is 11.8 Å². The number of carbonyl (C=O) groups excluding carboxylic acids is 2. The summed E-state index contributed by atoms with van der Waals surface area (Å²) in [4.78, 5) is 29.1. The van der Waals surface area contributed by atoms with Crippen molar-refractivity contribution >= 4 is 11.9 Å². The van der Waals surface area contributed by atoms with Crippen molar-refractivity contribution in [2.24, 2.45) is 11.8 Å². The zero-order valence-corrected chi connectivity index (χ0v) is 68.3. The summed E-state index contributed by atoms with van der Waals surface area (Å²) in [5, 5.41) is 25.9. The third-order valence-corrected chi connectivity index (χ3v) is 23.0. The van der Waals surface area contributed by atoms with Crippen LogP contribution in [0.15, 0.2) is 0 Å². The Labute approximate surface area is 616 Å². The molecule has 0 saturated carbocycles. The Morgan fingerprint density at radius 3 is 0.500 bits per heavy atom. The lowest BCUT2D eigenvalue weighted by molar-refractivity contribution is -0.175. The van der Waals surface area contributed by atoms with E-state index in [1.807, 2.05) is 0 Å². The summed E-state index contributed by atoms with van der Waals surface area (Å²) in [5.41, 5.74) is -2.84. The molecule has 0 aromatic heterocycles. The van der Waals surface area contributed by atoms with E-state index in [1.54, 1.807) is 0 Å². The predicted molar refractivity (Wildman–Crippen MR) is 433 cm³/mol. The van der Waals surface area contributed by atoms with Gasteiger partial charge in [0.05, 0.1) is 13.2 Å². The summed E-state index contributed by atoms with van der Waals surface area (Å²) in [5.74, 6) is -0.794. The number of aliphatic hydroxyl groups is 2. The highest BCUT2D eigenvalue weighted by atomic mass is 16.6. The van der Waals surface area contributed by atoms with Gasteiger partial charge < -0.3 is 19.7 Å². The number of hydrogen-bond donors (Lipinski definition) is 2. The highest BCUT2D eigenvalue weighted by molar-refractivity contribution is 5.80. The van der Waals surface area contributed by atoms with Crippen LogP contribution in [0.2, 0.25) is 0 Å². The molecule has 0 aliphatic heterocycles. The monoisotopic (exact) mass is 1380 g/mol. The molecule has 0 heterocycles. The number of carbonyl (C=O) groups is 2. The van der Waals surface area contributed by atoms with Gasteiger partial charge in [-0.15, -0.1) is 0 Å². The normalized spacial score (nSPS) is 13.7. The second-order valence-electron chi connectivity index (χ2n) is 32.5. The van der Waals surface area contributed by atoms with Gasteiger partial charge in [0.2, 0.25) is 0 Å². The quantitative estimate of drug-likeness (QED) is 0.0466. The SMILES string of the molecule is CCCCCCCCCCCCCCCC(CCCCCCCCC(CCCCCCCCCCCCCCC)C(O)(CCCCCCCCCCCC)C(=O)OCCCCCCCCCCCC)C(O)(CCCCCCCCCCCC)C(=O)OCCCCCCCCCCCC. The second kappa shape index (κ2) is 78.4. The van der Waals surface area contributed by atoms with Gasteiger partial charge in [0.25, 0.3) is 0 Å². The molecule has 586 valence electrons. The lowest BCUT2D eigenvalue weighted by Gasteiger charge is -2.35. The number of ether oxygens (including phenoxy) is 2. The maximum absolute atomic E-state index is 14.5. The van der Waals surface area contributed by atoms with E-state index in [0.717, 1.165) is 128 Å². The molecule has 6 nitrogen and oxygen atoms in total. The highest BCUT2D eigenvalue weighted by Gasteiger charge is 2.45. The minimum absolute atomic E-state index is 0.0714. The predicted octanol–water partition coefficient (Wildman–Crippen LogP) is 31.3. The molecule has 0 aliphatic carbocycles. The molecule has 0 bridgehead atoms. The Morgan fingerprint density at radius 2 is 0.337 bits per heavy atom. The first kappa shape index (κ1) is 96.9. The summed E-state index contributed by atoms with van der Waals surface area (Å²) in [7, 11) is 0. The van der Waals surface area contributed by atoms with Gasteiger partial charge in [-0.05, 0) is 76.0 Å². The number of unbranched alkanes of at least 4 members (excludes halogenated alkanes) is 65. The summed E-state index contributed by atoms with van der Waals surface area (Å²) < 4.78 is 12.4. The summed E-state index contributed by atoms with van der Waals surface area (Å²) in [6.45, 7) is 14.6. The molecule has 4 unspecified atom stereocenters. The smallest absolute Gasteiger partial charge is 0.338 e. The van der Waals surface area contributed by atoms with Crippen molar-refractivity contribution < 1.29 is 29.3 Å². The largest absolute Gasteiger partial charge is 0.464 e. The molecule has 0 amide bonds. The van der Waals surface area contributed by atoms with E-state index in [4.69, 9.17) is 9.47 Å². The molecule has 0 saturated heterocycles. The van der Waals surface area contributed by atoms with Gasteiger partial charge in [0.15, 0.2) is 11.2 Å². The number of esters is 2. The van der Waals surface area contributed by atoms with E-state index in [0.29, 0.717) is 26.1 Å². The summed E-state index contributed by atoms with van der Waals surface area (Å²) in [6, 6.07) is 0. The first-order chi connectivity index (χ1) is 48.2. The summed E-state index contributed by atoms with van der Waals surface area (Å²) >= 11 is 0. The lowest BCUT2D eigenvalue weighted by atomic mass is 9.76. The van der Waals surface area contributed by atoms with E-state index < -0.39 is 11.2 Å². The molecule has 0 aliphatic rings. The van der Waals surface area contributed by atoms with Crippen LogP contribution in [0.25, 0.3) is 0 Å². The number of rotatable bonds is 85. The van der Waals surface area contributed by atoms with Gasteiger partial charge in [-0.2, -0.15) is 0 Å². The van der Waals surface area contributed by atoms with Crippen LogP contribution in [-0.2, 0) is 19.1 Å². The zero-order valence-electron chi connectivity index (χ0n) is 68.3. The minimum Gasteiger partial charge on any atom is -0.464 e. The Bertz CT molecular complexity index is 1440. The van der Waals surface area contributed by atoms with Crippen LogP contribution >= 0.6 is 0 Å². The molecule has 2 N–H and O–H groups in total. The fourth-order valence-corrected chi connectivity index (χ4v) is 16.0. The van der Waals surface area contributed by atoms with Crippen molar-refractivity contribution in [2.75, 3.05) is 13.2 Å². The van der Waals surface area contributed by atoms with Crippen LogP contribution in [0.3, 0.4) is 0 Å². The van der Waals surface area contributed by atoms with E-state index in [-0.39, 0.29) is 23.8 Å². The molecule has 0 spiro atoms. The maximum atomic E-state index is 14.5. The van der Waals surface area contributed by atoms with E-state index >= 15 is 0 Å². The van der Waals surface area contributed by atoms with Crippen molar-refractivity contribution in [3.8, 4) is 0 Å². The van der Waals surface area contributed by atoms with Crippen LogP contribution in [0.1, 0.15) is 542 Å². The second-order valence-corrected chi connectivity index (χ2v) is 32.5. The first-order valence-electron chi connectivity index (χ1n) is 46.0. The Hall–Kier alpha value is -1.14. The molecule has 0 rings (SSSR count). The van der Waals surface area contributed by atoms with Crippen LogP contribution in [0.4, 0.5) is 0 Å². The Kier molecular flexibility index (Phi) is 77.5. The maximum Gasteiger partial charge on any atom is 0.338 e. The van der Waals surface area contributed by atoms with Gasteiger partial charge in [-0.25, -0.2) is 9.59 Å². The average molecular weight is 1380 g/mol. The Morgan fingerprint density at radius 1 is 0.204 bits per heavy atom. The van der Waals surface area contributed by atoms with Crippen LogP contribution < -0.4 is 0 Å². The third-order valence-electron chi connectivity index (χ3n) is 23.0. The van der Waals surface area contributed by atoms with Gasteiger partial charge in [0.1, 0.15) is 0 Å². The molecule has 0 radical (unpaired) electrons. The lowest BCUT2D eigenvalue weighted by Crippen LogP contribution is -2.47. The van der Waals surface area contributed by atoms with Gasteiger partial charge >= 0.3 is 11.9 Å². The van der Waals surface area contributed by atoms with E-state index in [1.165, 1.54) is 360 Å². The molecule has 0 fully saturated rings. The van der Waals surface area contributed by atoms with Crippen LogP contribution in [-0.4, -0.2) is 46.6 Å².